The van der Waals surface area contributed by atoms with Crippen molar-refractivity contribution in [1.82, 2.24) is 9.97 Å². The summed E-state index contributed by atoms with van der Waals surface area (Å²) in [5.41, 5.74) is 6.17. The molecule has 1 aromatic carbocycles. The number of hydrogen-bond acceptors (Lipinski definition) is 7. The Balaban J connectivity index is 2.49. The Bertz CT molecular complexity index is 859. The molecular weight excluding hydrogens is 430 g/mol. The maximum atomic E-state index is 13.0. The summed E-state index contributed by atoms with van der Waals surface area (Å²) in [7, 11) is 2.90. The quantitative estimate of drug-likeness (QED) is 0.552. The van der Waals surface area contributed by atoms with Crippen LogP contribution in [0.4, 0.5) is 0 Å². The molecule has 1 amide bonds. The largest absolute Gasteiger partial charge is 0.493 e. The van der Waals surface area contributed by atoms with Gasteiger partial charge in [-0.1, -0.05) is 13.3 Å². The van der Waals surface area contributed by atoms with Gasteiger partial charge in [0.1, 0.15) is 4.60 Å². The van der Waals surface area contributed by atoms with Crippen molar-refractivity contribution in [3.63, 3.8) is 0 Å². The van der Waals surface area contributed by atoms with Crippen LogP contribution in [0, 0.1) is 0 Å². The molecule has 0 aliphatic carbocycles. The number of Topliss-reactive ketones (excluding diaryl/α,β-unsaturated/α-hetero) is 1. The van der Waals surface area contributed by atoms with E-state index in [1.165, 1.54) is 26.6 Å². The number of nitrogens with zero attached hydrogens (tertiary/aromatic N) is 2. The molecule has 0 fully saturated rings. The number of methoxy groups -OCH3 is 2. The lowest BCUT2D eigenvalue weighted by Gasteiger charge is -2.21. The summed E-state index contributed by atoms with van der Waals surface area (Å²) in [6.07, 6.45) is 3.18. The van der Waals surface area contributed by atoms with Crippen LogP contribution < -0.4 is 19.9 Å². The number of halogens is 1. The van der Waals surface area contributed by atoms with Crippen molar-refractivity contribution in [2.45, 2.75) is 32.3 Å². The number of aromatic nitrogens is 2. The zero-order valence-electron chi connectivity index (χ0n) is 15.9. The van der Waals surface area contributed by atoms with Gasteiger partial charge in [0.2, 0.25) is 5.75 Å². The molecule has 0 radical (unpaired) electrons. The van der Waals surface area contributed by atoms with Gasteiger partial charge < -0.3 is 19.9 Å². The Hall–Kier alpha value is -2.68. The van der Waals surface area contributed by atoms with Crippen LogP contribution in [-0.2, 0) is 11.2 Å². The van der Waals surface area contributed by atoms with E-state index in [1.807, 2.05) is 6.92 Å². The molecule has 150 valence electrons. The van der Waals surface area contributed by atoms with E-state index >= 15 is 0 Å². The van der Waals surface area contributed by atoms with Crippen LogP contribution in [0.1, 0.15) is 35.8 Å². The highest BCUT2D eigenvalue weighted by Crippen LogP contribution is 2.41. The number of ether oxygens (including phenoxy) is 3. The highest BCUT2D eigenvalue weighted by Gasteiger charge is 2.26. The number of rotatable bonds is 10. The fourth-order valence-corrected chi connectivity index (χ4v) is 2.98. The number of nitrogens with two attached hydrogens (primary N) is 1. The zero-order valence-corrected chi connectivity index (χ0v) is 17.5. The lowest BCUT2D eigenvalue weighted by molar-refractivity contribution is -0.125. The molecule has 2 aromatic rings. The summed E-state index contributed by atoms with van der Waals surface area (Å²) < 4.78 is 17.0. The molecule has 0 spiro atoms. The van der Waals surface area contributed by atoms with Crippen LogP contribution in [0.2, 0.25) is 0 Å². The predicted molar refractivity (Wildman–Crippen MR) is 106 cm³/mol. The van der Waals surface area contributed by atoms with Crippen molar-refractivity contribution < 1.29 is 23.8 Å². The molecule has 1 heterocycles. The summed E-state index contributed by atoms with van der Waals surface area (Å²) in [5, 5.41) is 0. The Morgan fingerprint density at radius 3 is 2.43 bits per heavy atom. The Morgan fingerprint density at radius 1 is 1.14 bits per heavy atom. The van der Waals surface area contributed by atoms with Crippen LogP contribution in [-0.4, -0.2) is 42.0 Å². The SMILES string of the molecule is CCCC(Oc1c(C(=O)Cc2nccnc2Br)ccc(OC)c1OC)C(N)=O. The lowest BCUT2D eigenvalue weighted by atomic mass is 10.0. The second-order valence-electron chi connectivity index (χ2n) is 5.87. The third-order valence-corrected chi connectivity index (χ3v) is 4.64. The first-order valence-corrected chi connectivity index (χ1v) is 9.41. The number of carbonyl (C=O) groups is 2. The van der Waals surface area contributed by atoms with E-state index in [2.05, 4.69) is 25.9 Å². The molecule has 8 nitrogen and oxygen atoms in total. The first-order chi connectivity index (χ1) is 13.4. The summed E-state index contributed by atoms with van der Waals surface area (Å²) in [6, 6.07) is 3.16. The standard InChI is InChI=1S/C19H22BrN3O5/c1-4-5-15(19(21)25)28-16-11(6-7-14(26-2)17(16)27-3)13(24)10-12-18(20)23-9-8-22-12/h6-9,15H,4-5,10H2,1-3H3,(H2,21,25). The van der Waals surface area contributed by atoms with E-state index in [9.17, 15) is 9.59 Å². The molecule has 1 atom stereocenters. The zero-order chi connectivity index (χ0) is 20.7. The third kappa shape index (κ3) is 4.98. The van der Waals surface area contributed by atoms with Gasteiger partial charge in [-0.25, -0.2) is 4.98 Å². The lowest BCUT2D eigenvalue weighted by Crippen LogP contribution is -2.34. The van der Waals surface area contributed by atoms with Gasteiger partial charge in [0.25, 0.3) is 5.91 Å². The van der Waals surface area contributed by atoms with Gasteiger partial charge in [-0.15, -0.1) is 0 Å². The van der Waals surface area contributed by atoms with Gasteiger partial charge in [0.05, 0.1) is 31.9 Å². The van der Waals surface area contributed by atoms with E-state index in [-0.39, 0.29) is 29.3 Å². The smallest absolute Gasteiger partial charge is 0.258 e. The van der Waals surface area contributed by atoms with Crippen LogP contribution in [0.15, 0.2) is 29.1 Å². The molecule has 0 bridgehead atoms. The molecular formula is C19H22BrN3O5. The molecule has 1 unspecified atom stereocenters. The minimum Gasteiger partial charge on any atom is -0.493 e. The molecule has 9 heteroatoms. The van der Waals surface area contributed by atoms with Crippen LogP contribution in [0.25, 0.3) is 0 Å². The Kier molecular flexibility index (Phi) is 7.74. The molecule has 0 aliphatic heterocycles. The van der Waals surface area contributed by atoms with Crippen molar-refractivity contribution in [2.75, 3.05) is 14.2 Å². The van der Waals surface area contributed by atoms with Crippen LogP contribution in [0.5, 0.6) is 17.2 Å². The number of ketones is 1. The fourth-order valence-electron chi connectivity index (χ4n) is 2.61. The van der Waals surface area contributed by atoms with Crippen molar-refractivity contribution >= 4 is 27.6 Å². The van der Waals surface area contributed by atoms with E-state index < -0.39 is 12.0 Å². The van der Waals surface area contributed by atoms with Gasteiger partial charge in [-0.2, -0.15) is 0 Å². The van der Waals surface area contributed by atoms with Gasteiger partial charge in [-0.3, -0.25) is 14.6 Å². The first kappa shape index (κ1) is 21.6. The molecule has 2 N–H and O–H groups in total. The number of amides is 1. The number of hydrogen-bond donors (Lipinski definition) is 1. The average molecular weight is 452 g/mol. The van der Waals surface area contributed by atoms with Crippen molar-refractivity contribution in [3.8, 4) is 17.2 Å². The molecule has 0 saturated carbocycles. The number of primary amides is 1. The third-order valence-electron chi connectivity index (χ3n) is 3.98. The van der Waals surface area contributed by atoms with Gasteiger partial charge in [-0.05, 0) is 34.5 Å². The highest BCUT2D eigenvalue weighted by molar-refractivity contribution is 9.10. The van der Waals surface area contributed by atoms with E-state index in [4.69, 9.17) is 19.9 Å². The van der Waals surface area contributed by atoms with Crippen molar-refractivity contribution in [2.24, 2.45) is 5.73 Å². The van der Waals surface area contributed by atoms with Crippen LogP contribution in [0.3, 0.4) is 0 Å². The van der Waals surface area contributed by atoms with Crippen molar-refractivity contribution in [3.05, 3.63) is 40.4 Å². The van der Waals surface area contributed by atoms with E-state index in [0.29, 0.717) is 28.9 Å². The fraction of sp³-hybridized carbons (Fsp3) is 0.368. The Morgan fingerprint density at radius 2 is 1.86 bits per heavy atom. The molecule has 2 rings (SSSR count). The van der Waals surface area contributed by atoms with Gasteiger partial charge >= 0.3 is 0 Å². The maximum Gasteiger partial charge on any atom is 0.258 e. The molecule has 0 saturated heterocycles. The van der Waals surface area contributed by atoms with Crippen molar-refractivity contribution in [1.29, 1.82) is 0 Å². The molecule has 28 heavy (non-hydrogen) atoms. The summed E-state index contributed by atoms with van der Waals surface area (Å²) in [6.45, 7) is 1.90. The minimum atomic E-state index is -0.902. The highest BCUT2D eigenvalue weighted by atomic mass is 79.9. The molecule has 1 aromatic heterocycles. The minimum absolute atomic E-state index is 0.0186. The normalized spacial score (nSPS) is 11.6. The second-order valence-corrected chi connectivity index (χ2v) is 6.62. The second kappa shape index (κ2) is 10.0. The summed E-state index contributed by atoms with van der Waals surface area (Å²) in [4.78, 5) is 33.0. The van der Waals surface area contributed by atoms with E-state index in [1.54, 1.807) is 12.1 Å². The number of carbonyl (C=O) groups excluding carboxylic acids is 2. The maximum absolute atomic E-state index is 13.0. The van der Waals surface area contributed by atoms with Gasteiger partial charge in [0, 0.05) is 12.4 Å². The number of benzene rings is 1. The van der Waals surface area contributed by atoms with E-state index in [0.717, 1.165) is 0 Å². The molecule has 0 aliphatic rings. The summed E-state index contributed by atoms with van der Waals surface area (Å²) in [5.74, 6) is -0.203. The summed E-state index contributed by atoms with van der Waals surface area (Å²) >= 11 is 3.28. The van der Waals surface area contributed by atoms with Gasteiger partial charge in [0.15, 0.2) is 23.4 Å². The topological polar surface area (TPSA) is 114 Å². The first-order valence-electron chi connectivity index (χ1n) is 8.62. The Labute approximate surface area is 171 Å². The monoisotopic (exact) mass is 451 g/mol. The average Bonchev–Trinajstić information content (AvgIpc) is 2.68. The predicted octanol–water partition coefficient (Wildman–Crippen LogP) is 2.71. The van der Waals surface area contributed by atoms with Crippen LogP contribution >= 0.6 is 15.9 Å².